The molecule has 0 aliphatic heterocycles. The molecule has 0 saturated heterocycles. The van der Waals surface area contributed by atoms with E-state index in [1.807, 2.05) is 30.6 Å². The zero-order valence-corrected chi connectivity index (χ0v) is 12.2. The maximum atomic E-state index is 4.55. The average molecular weight is 273 g/mol. The molecule has 0 aromatic carbocycles. The second kappa shape index (κ2) is 7.26. The van der Waals surface area contributed by atoms with Crippen molar-refractivity contribution >= 4 is 11.8 Å². The molecule has 0 aliphatic rings. The Labute approximate surface area is 118 Å². The topological polar surface area (TPSA) is 37.8 Å². The van der Waals surface area contributed by atoms with E-state index in [1.54, 1.807) is 11.8 Å². The quantitative estimate of drug-likeness (QED) is 0.871. The monoisotopic (exact) mass is 273 g/mol. The van der Waals surface area contributed by atoms with E-state index in [0.29, 0.717) is 6.04 Å². The summed E-state index contributed by atoms with van der Waals surface area (Å²) < 4.78 is 0. The van der Waals surface area contributed by atoms with Gasteiger partial charge in [-0.15, -0.1) is 0 Å². The molecule has 0 spiro atoms. The van der Waals surface area contributed by atoms with Gasteiger partial charge in [-0.05, 0) is 37.2 Å². The summed E-state index contributed by atoms with van der Waals surface area (Å²) in [4.78, 5) is 9.97. The van der Waals surface area contributed by atoms with Gasteiger partial charge < -0.3 is 5.32 Å². The number of nitrogens with one attached hydrogen (secondary N) is 1. The van der Waals surface area contributed by atoms with E-state index in [2.05, 4.69) is 41.3 Å². The summed E-state index contributed by atoms with van der Waals surface area (Å²) in [5.74, 6) is 0. The van der Waals surface area contributed by atoms with Gasteiger partial charge in [0.25, 0.3) is 0 Å². The molecule has 2 aromatic heterocycles. The van der Waals surface area contributed by atoms with Gasteiger partial charge in [-0.1, -0.05) is 31.7 Å². The fraction of sp³-hybridized carbons (Fsp3) is 0.333. The second-order valence-electron chi connectivity index (χ2n) is 4.21. The molecule has 1 unspecified atom stereocenters. The number of rotatable bonds is 6. The van der Waals surface area contributed by atoms with Gasteiger partial charge in [0.15, 0.2) is 0 Å². The predicted molar refractivity (Wildman–Crippen MR) is 79.3 cm³/mol. The Morgan fingerprint density at radius 1 is 1.16 bits per heavy atom. The van der Waals surface area contributed by atoms with Gasteiger partial charge in [0, 0.05) is 23.3 Å². The van der Waals surface area contributed by atoms with Crippen molar-refractivity contribution in [2.24, 2.45) is 0 Å². The lowest BCUT2D eigenvalue weighted by Crippen LogP contribution is -2.20. The van der Waals surface area contributed by atoms with Crippen LogP contribution in [0.3, 0.4) is 0 Å². The fourth-order valence-corrected chi connectivity index (χ4v) is 2.63. The van der Waals surface area contributed by atoms with Crippen LogP contribution >= 0.6 is 11.8 Å². The first kappa shape index (κ1) is 14.0. The first-order chi connectivity index (χ1) is 9.33. The van der Waals surface area contributed by atoms with E-state index in [0.717, 1.165) is 28.6 Å². The third kappa shape index (κ3) is 4.04. The van der Waals surface area contributed by atoms with E-state index >= 15 is 0 Å². The lowest BCUT2D eigenvalue weighted by atomic mass is 10.1. The van der Waals surface area contributed by atoms with E-state index in [4.69, 9.17) is 0 Å². The summed E-state index contributed by atoms with van der Waals surface area (Å²) >= 11 is 1.63. The van der Waals surface area contributed by atoms with Crippen LogP contribution in [0.1, 0.15) is 32.0 Å². The molecule has 2 heterocycles. The van der Waals surface area contributed by atoms with Crippen LogP contribution in [-0.2, 0) is 0 Å². The Hall–Kier alpha value is -1.39. The van der Waals surface area contributed by atoms with Crippen molar-refractivity contribution in [1.29, 1.82) is 0 Å². The third-order valence-electron chi connectivity index (χ3n) is 2.84. The van der Waals surface area contributed by atoms with Crippen molar-refractivity contribution in [1.82, 2.24) is 15.3 Å². The van der Waals surface area contributed by atoms with Gasteiger partial charge in [0.1, 0.15) is 5.03 Å². The Morgan fingerprint density at radius 2 is 2.05 bits per heavy atom. The van der Waals surface area contributed by atoms with Crippen molar-refractivity contribution in [3.8, 4) is 0 Å². The van der Waals surface area contributed by atoms with Crippen LogP contribution in [0.4, 0.5) is 0 Å². The first-order valence-corrected chi connectivity index (χ1v) is 7.43. The molecule has 0 fully saturated rings. The van der Waals surface area contributed by atoms with Crippen LogP contribution in [0, 0.1) is 0 Å². The maximum absolute atomic E-state index is 4.55. The van der Waals surface area contributed by atoms with Gasteiger partial charge >= 0.3 is 0 Å². The molecule has 0 bridgehead atoms. The largest absolute Gasteiger partial charge is 0.309 e. The molecule has 0 radical (unpaired) electrons. The van der Waals surface area contributed by atoms with E-state index in [1.165, 1.54) is 0 Å². The summed E-state index contributed by atoms with van der Waals surface area (Å²) in [6, 6.07) is 10.5. The first-order valence-electron chi connectivity index (χ1n) is 6.61. The van der Waals surface area contributed by atoms with Gasteiger partial charge in [-0.3, -0.25) is 4.98 Å². The van der Waals surface area contributed by atoms with Gasteiger partial charge in [-0.25, -0.2) is 4.98 Å². The summed E-state index contributed by atoms with van der Waals surface area (Å²) in [5, 5.41) is 4.43. The van der Waals surface area contributed by atoms with E-state index < -0.39 is 0 Å². The molecule has 2 rings (SSSR count). The molecule has 100 valence electrons. The molecule has 2 aromatic rings. The third-order valence-corrected chi connectivity index (χ3v) is 3.76. The molecular formula is C15H19N3S. The number of hydrogen-bond donors (Lipinski definition) is 1. The van der Waals surface area contributed by atoms with Crippen LogP contribution in [0.15, 0.2) is 52.6 Å². The summed E-state index contributed by atoms with van der Waals surface area (Å²) in [7, 11) is 0. The minimum atomic E-state index is 0.346. The highest BCUT2D eigenvalue weighted by Crippen LogP contribution is 2.25. The highest BCUT2D eigenvalue weighted by molar-refractivity contribution is 7.99. The molecule has 1 N–H and O–H groups in total. The van der Waals surface area contributed by atoms with Crippen molar-refractivity contribution in [3.05, 3.63) is 48.4 Å². The molecule has 1 atom stereocenters. The zero-order valence-electron chi connectivity index (χ0n) is 11.3. The molecule has 0 aliphatic carbocycles. The van der Waals surface area contributed by atoms with Crippen molar-refractivity contribution in [2.75, 3.05) is 6.54 Å². The minimum Gasteiger partial charge on any atom is -0.309 e. The number of nitrogens with zero attached hydrogens (tertiary/aromatic N) is 2. The number of pyridine rings is 2. The molecule has 0 saturated carbocycles. The van der Waals surface area contributed by atoms with Crippen LogP contribution < -0.4 is 5.32 Å². The fourth-order valence-electron chi connectivity index (χ4n) is 1.89. The lowest BCUT2D eigenvalue weighted by molar-refractivity contribution is 0.524. The molecular weight excluding hydrogens is 254 g/mol. The highest BCUT2D eigenvalue weighted by Gasteiger charge is 2.09. The van der Waals surface area contributed by atoms with Crippen molar-refractivity contribution in [3.63, 3.8) is 0 Å². The standard InChI is InChI=1S/C15H19N3S/c1-3-13(16-4-2)14-9-8-12(11-18-14)19-15-7-5-6-10-17-15/h5-11,13,16H,3-4H2,1-2H3. The predicted octanol–water partition coefficient (Wildman–Crippen LogP) is 3.69. The smallest absolute Gasteiger partial charge is 0.101 e. The molecule has 0 amide bonds. The Kier molecular flexibility index (Phi) is 5.36. The number of aromatic nitrogens is 2. The van der Waals surface area contributed by atoms with Crippen LogP contribution in [0.5, 0.6) is 0 Å². The average Bonchev–Trinajstić information content (AvgIpc) is 2.47. The van der Waals surface area contributed by atoms with Crippen LogP contribution in [0.2, 0.25) is 0 Å². The maximum Gasteiger partial charge on any atom is 0.101 e. The normalized spacial score (nSPS) is 12.3. The van der Waals surface area contributed by atoms with Crippen molar-refractivity contribution < 1.29 is 0 Å². The summed E-state index contributed by atoms with van der Waals surface area (Å²) in [6.45, 7) is 5.25. The lowest BCUT2D eigenvalue weighted by Gasteiger charge is -2.15. The van der Waals surface area contributed by atoms with Gasteiger partial charge in [0.05, 0.1) is 5.69 Å². The van der Waals surface area contributed by atoms with Gasteiger partial charge in [-0.2, -0.15) is 0 Å². The minimum absolute atomic E-state index is 0.346. The Morgan fingerprint density at radius 3 is 2.63 bits per heavy atom. The highest BCUT2D eigenvalue weighted by atomic mass is 32.2. The Bertz CT molecular complexity index is 485. The second-order valence-corrected chi connectivity index (χ2v) is 5.30. The van der Waals surface area contributed by atoms with E-state index in [-0.39, 0.29) is 0 Å². The van der Waals surface area contributed by atoms with Crippen LogP contribution in [-0.4, -0.2) is 16.5 Å². The molecule has 4 heteroatoms. The molecule has 3 nitrogen and oxygen atoms in total. The Balaban J connectivity index is 2.06. The van der Waals surface area contributed by atoms with E-state index in [9.17, 15) is 0 Å². The number of hydrogen-bond acceptors (Lipinski definition) is 4. The SMILES string of the molecule is CCNC(CC)c1ccc(Sc2ccccn2)cn1. The van der Waals surface area contributed by atoms with Crippen LogP contribution in [0.25, 0.3) is 0 Å². The van der Waals surface area contributed by atoms with Gasteiger partial charge in [0.2, 0.25) is 0 Å². The summed E-state index contributed by atoms with van der Waals surface area (Å²) in [6.07, 6.45) is 4.78. The van der Waals surface area contributed by atoms with Crippen molar-refractivity contribution in [2.45, 2.75) is 36.2 Å². The molecule has 19 heavy (non-hydrogen) atoms. The zero-order chi connectivity index (χ0) is 13.5. The summed E-state index contributed by atoms with van der Waals surface area (Å²) in [5.41, 5.74) is 1.11.